The highest BCUT2D eigenvalue weighted by Crippen LogP contribution is 2.31. The van der Waals surface area contributed by atoms with Crippen LogP contribution in [0.15, 0.2) is 109 Å². The van der Waals surface area contributed by atoms with Crippen LogP contribution in [0.4, 0.5) is 0 Å². The summed E-state index contributed by atoms with van der Waals surface area (Å²) < 4.78 is 0. The molecule has 0 radical (unpaired) electrons. The first-order valence-corrected chi connectivity index (χ1v) is 11.8. The Bertz CT molecular complexity index is 1590. The Balaban J connectivity index is 1.56. The van der Waals surface area contributed by atoms with Gasteiger partial charge in [0.15, 0.2) is 0 Å². The van der Waals surface area contributed by atoms with Gasteiger partial charge in [0.2, 0.25) is 0 Å². The highest BCUT2D eigenvalue weighted by molar-refractivity contribution is 5.91. The van der Waals surface area contributed by atoms with Crippen LogP contribution in [-0.4, -0.2) is 9.97 Å². The molecule has 0 saturated carbocycles. The van der Waals surface area contributed by atoms with Crippen LogP contribution in [0, 0.1) is 0 Å². The summed E-state index contributed by atoms with van der Waals surface area (Å²) in [5, 5.41) is 4.80. The average molecular weight is 435 g/mol. The number of hydrogen-bond acceptors (Lipinski definition) is 2. The van der Waals surface area contributed by atoms with Crippen molar-refractivity contribution in [1.29, 1.82) is 0 Å². The fraction of sp³-hybridized carbons (Fsp3) is 0.0625. The minimum atomic E-state index is 0.780. The lowest BCUT2D eigenvalue weighted by molar-refractivity contribution is 1.07. The van der Waals surface area contributed by atoms with E-state index in [4.69, 9.17) is 9.97 Å². The van der Waals surface area contributed by atoms with Crippen LogP contribution >= 0.6 is 0 Å². The first kappa shape index (κ1) is 19.2. The molecule has 4 aromatic carbocycles. The lowest BCUT2D eigenvalue weighted by Crippen LogP contribution is -2.01. The van der Waals surface area contributed by atoms with Gasteiger partial charge < -0.3 is 0 Å². The number of pyridine rings is 2. The van der Waals surface area contributed by atoms with Crippen molar-refractivity contribution in [2.24, 2.45) is 0 Å². The second-order valence-electron chi connectivity index (χ2n) is 9.10. The molecule has 1 aliphatic heterocycles. The summed E-state index contributed by atoms with van der Waals surface area (Å²) in [6.45, 7) is 0. The van der Waals surface area contributed by atoms with Crippen LogP contribution < -0.4 is 0 Å². The van der Waals surface area contributed by atoms with Gasteiger partial charge in [-0.2, -0.15) is 0 Å². The largest absolute Gasteiger partial charge is 0.250 e. The number of fused-ring (bicyclic) bond motifs is 14. The molecule has 0 fully saturated rings. The molecule has 8 bridgehead atoms. The maximum absolute atomic E-state index is 5.19. The Hall–Kier alpha value is -4.30. The number of nitrogens with zero attached hydrogens (tertiary/aromatic N) is 2. The second kappa shape index (κ2) is 7.64. The summed E-state index contributed by atoms with van der Waals surface area (Å²) in [4.78, 5) is 10.4. The quantitative estimate of drug-likeness (QED) is 0.245. The Kier molecular flexibility index (Phi) is 4.31. The van der Waals surface area contributed by atoms with Crippen molar-refractivity contribution in [3.63, 3.8) is 0 Å². The molecule has 34 heavy (non-hydrogen) atoms. The van der Waals surface area contributed by atoms with E-state index >= 15 is 0 Å². The van der Waals surface area contributed by atoms with Gasteiger partial charge in [-0.3, -0.25) is 9.97 Å². The number of hydrogen-bond donors (Lipinski definition) is 0. The minimum Gasteiger partial charge on any atom is -0.250 e. The molecule has 160 valence electrons. The summed E-state index contributed by atoms with van der Waals surface area (Å²) in [5.74, 6) is 0. The fourth-order valence-corrected chi connectivity index (χ4v) is 5.18. The van der Waals surface area contributed by atoms with E-state index in [9.17, 15) is 0 Å². The molecule has 2 aromatic heterocycles. The molecular formula is C32H22N2. The third kappa shape index (κ3) is 3.27. The van der Waals surface area contributed by atoms with E-state index in [0.29, 0.717) is 0 Å². The zero-order chi connectivity index (χ0) is 22.5. The minimum absolute atomic E-state index is 0.780. The molecule has 7 rings (SSSR count). The highest BCUT2D eigenvalue weighted by atomic mass is 14.8. The molecule has 2 heteroatoms. The van der Waals surface area contributed by atoms with Crippen molar-refractivity contribution in [3.05, 3.63) is 132 Å². The molecule has 3 heterocycles. The molecule has 6 aromatic rings. The standard InChI is InChI=1S/C32H22N2/c1-3-13-27-25(9-1)19-31-32-20-26-10-2-4-14-28(26)30(34-32)18-22-8-6-12-24(16-22)23-11-5-7-21(15-23)17-29(27)33-31/h1-16,19-20H,17-18H2. The van der Waals surface area contributed by atoms with Gasteiger partial charge >= 0.3 is 0 Å². The van der Waals surface area contributed by atoms with Gasteiger partial charge in [-0.05, 0) is 45.2 Å². The Morgan fingerprint density at radius 1 is 0.441 bits per heavy atom. The van der Waals surface area contributed by atoms with E-state index in [-0.39, 0.29) is 0 Å². The fourth-order valence-electron chi connectivity index (χ4n) is 5.18. The van der Waals surface area contributed by atoms with E-state index in [1.807, 2.05) is 0 Å². The van der Waals surface area contributed by atoms with Crippen LogP contribution in [0.5, 0.6) is 0 Å². The second-order valence-corrected chi connectivity index (χ2v) is 9.10. The van der Waals surface area contributed by atoms with E-state index in [0.717, 1.165) is 35.6 Å². The molecule has 0 amide bonds. The number of aromatic nitrogens is 2. The molecule has 0 unspecified atom stereocenters. The molecule has 0 aliphatic carbocycles. The smallest absolute Gasteiger partial charge is 0.0896 e. The summed E-state index contributed by atoms with van der Waals surface area (Å²) in [6.07, 6.45) is 1.56. The van der Waals surface area contributed by atoms with Gasteiger partial charge in [-0.15, -0.1) is 0 Å². The molecule has 1 aliphatic rings. The zero-order valence-electron chi connectivity index (χ0n) is 18.7. The van der Waals surface area contributed by atoms with Crippen LogP contribution in [0.2, 0.25) is 0 Å². The molecule has 0 atom stereocenters. The summed E-state index contributed by atoms with van der Waals surface area (Å²) >= 11 is 0. The number of benzene rings is 4. The maximum Gasteiger partial charge on any atom is 0.0896 e. The zero-order valence-corrected chi connectivity index (χ0v) is 18.7. The predicted octanol–water partition coefficient (Wildman–Crippen LogP) is 7.61. The SMILES string of the molecule is c1cc2cc(c1)-c1cccc(c1)Cc1nc(cc3ccccc13)-c1cc3ccccc3c(n1)C2. The highest BCUT2D eigenvalue weighted by Gasteiger charge is 2.14. The van der Waals surface area contributed by atoms with Crippen LogP contribution in [0.1, 0.15) is 22.5 Å². The first-order chi connectivity index (χ1) is 16.8. The lowest BCUT2D eigenvalue weighted by Gasteiger charge is -2.14. The lowest BCUT2D eigenvalue weighted by atomic mass is 9.95. The normalized spacial score (nSPS) is 12.5. The summed E-state index contributed by atoms with van der Waals surface area (Å²) in [7, 11) is 0. The maximum atomic E-state index is 5.19. The predicted molar refractivity (Wildman–Crippen MR) is 140 cm³/mol. The van der Waals surface area contributed by atoms with Crippen LogP contribution in [0.3, 0.4) is 0 Å². The van der Waals surface area contributed by atoms with Crippen molar-refractivity contribution in [2.75, 3.05) is 0 Å². The molecule has 2 nitrogen and oxygen atoms in total. The van der Waals surface area contributed by atoms with E-state index in [2.05, 4.69) is 109 Å². The molecule has 0 spiro atoms. The summed E-state index contributed by atoms with van der Waals surface area (Å²) in [6, 6.07) is 39.2. The Morgan fingerprint density at radius 3 is 1.41 bits per heavy atom. The van der Waals surface area contributed by atoms with Crippen molar-refractivity contribution in [1.82, 2.24) is 9.97 Å². The topological polar surface area (TPSA) is 25.8 Å². The third-order valence-corrected chi connectivity index (χ3v) is 6.83. The monoisotopic (exact) mass is 434 g/mol. The van der Waals surface area contributed by atoms with Crippen molar-refractivity contribution >= 4 is 21.5 Å². The van der Waals surface area contributed by atoms with Crippen molar-refractivity contribution in [3.8, 4) is 22.5 Å². The summed E-state index contributed by atoms with van der Waals surface area (Å²) in [5.41, 5.74) is 9.06. The Labute approximate surface area is 198 Å². The van der Waals surface area contributed by atoms with Crippen molar-refractivity contribution < 1.29 is 0 Å². The molecule has 0 N–H and O–H groups in total. The van der Waals surface area contributed by atoms with Gasteiger partial charge in [0, 0.05) is 23.6 Å². The van der Waals surface area contributed by atoms with E-state index < -0.39 is 0 Å². The van der Waals surface area contributed by atoms with Gasteiger partial charge in [0.05, 0.1) is 22.8 Å². The van der Waals surface area contributed by atoms with Gasteiger partial charge in [-0.25, -0.2) is 0 Å². The molecule has 0 saturated heterocycles. The van der Waals surface area contributed by atoms with Gasteiger partial charge in [0.25, 0.3) is 0 Å². The molecular weight excluding hydrogens is 412 g/mol. The van der Waals surface area contributed by atoms with Gasteiger partial charge in [-0.1, -0.05) is 97.1 Å². The van der Waals surface area contributed by atoms with Crippen LogP contribution in [-0.2, 0) is 12.8 Å². The van der Waals surface area contributed by atoms with E-state index in [1.54, 1.807) is 0 Å². The third-order valence-electron chi connectivity index (χ3n) is 6.83. The van der Waals surface area contributed by atoms with Crippen molar-refractivity contribution in [2.45, 2.75) is 12.8 Å². The van der Waals surface area contributed by atoms with E-state index in [1.165, 1.54) is 43.8 Å². The van der Waals surface area contributed by atoms with Crippen LogP contribution in [0.25, 0.3) is 44.1 Å². The number of rotatable bonds is 0. The first-order valence-electron chi connectivity index (χ1n) is 11.8. The average Bonchev–Trinajstić information content (AvgIpc) is 2.88. The van der Waals surface area contributed by atoms with Gasteiger partial charge in [0.1, 0.15) is 0 Å². The Morgan fingerprint density at radius 2 is 0.912 bits per heavy atom.